The molecule has 0 saturated carbocycles. The first-order valence-corrected chi connectivity index (χ1v) is 9.13. The Kier molecular flexibility index (Phi) is 5.58. The van der Waals surface area contributed by atoms with Crippen LogP contribution in [0, 0.1) is 16.7 Å². The number of amides is 2. The Morgan fingerprint density at radius 2 is 2.08 bits per heavy atom. The van der Waals surface area contributed by atoms with E-state index in [0.717, 1.165) is 25.8 Å². The highest BCUT2D eigenvalue weighted by molar-refractivity contribution is 5.94. The quantitative estimate of drug-likeness (QED) is 0.828. The third kappa shape index (κ3) is 3.88. The van der Waals surface area contributed by atoms with Crippen molar-refractivity contribution in [3.05, 3.63) is 35.4 Å². The van der Waals surface area contributed by atoms with E-state index in [1.807, 2.05) is 9.80 Å². The van der Waals surface area contributed by atoms with E-state index < -0.39 is 0 Å². The summed E-state index contributed by atoms with van der Waals surface area (Å²) < 4.78 is 5.12. The monoisotopic (exact) mass is 355 g/mol. The van der Waals surface area contributed by atoms with Crippen molar-refractivity contribution in [1.82, 2.24) is 9.80 Å². The number of likely N-dealkylation sites (tertiary alicyclic amines) is 2. The molecule has 138 valence electrons. The molecule has 6 nitrogen and oxygen atoms in total. The summed E-state index contributed by atoms with van der Waals surface area (Å²) in [5, 5.41) is 9.01. The molecule has 1 spiro atoms. The average Bonchev–Trinajstić information content (AvgIpc) is 2.69. The number of nitriles is 1. The van der Waals surface area contributed by atoms with E-state index in [9.17, 15) is 9.59 Å². The van der Waals surface area contributed by atoms with E-state index in [1.165, 1.54) is 0 Å². The van der Waals surface area contributed by atoms with Gasteiger partial charge in [0.1, 0.15) is 0 Å². The van der Waals surface area contributed by atoms with Crippen LogP contribution in [0.15, 0.2) is 24.3 Å². The summed E-state index contributed by atoms with van der Waals surface area (Å²) >= 11 is 0. The number of methoxy groups -OCH3 is 1. The van der Waals surface area contributed by atoms with Crippen molar-refractivity contribution in [2.45, 2.75) is 25.7 Å². The van der Waals surface area contributed by atoms with Gasteiger partial charge in [-0.1, -0.05) is 6.07 Å². The second-order valence-electron chi connectivity index (χ2n) is 7.29. The maximum Gasteiger partial charge on any atom is 0.253 e. The van der Waals surface area contributed by atoms with Gasteiger partial charge in [-0.05, 0) is 42.9 Å². The lowest BCUT2D eigenvalue weighted by Crippen LogP contribution is -2.52. The van der Waals surface area contributed by atoms with Crippen molar-refractivity contribution in [1.29, 1.82) is 5.26 Å². The molecule has 0 atom stereocenters. The van der Waals surface area contributed by atoms with Crippen LogP contribution in [-0.2, 0) is 9.53 Å². The van der Waals surface area contributed by atoms with Gasteiger partial charge in [0.2, 0.25) is 5.91 Å². The smallest absolute Gasteiger partial charge is 0.253 e. The minimum atomic E-state index is -0.0138. The molecule has 2 heterocycles. The molecule has 1 aromatic rings. The van der Waals surface area contributed by atoms with Gasteiger partial charge in [-0.3, -0.25) is 9.59 Å². The van der Waals surface area contributed by atoms with Crippen molar-refractivity contribution >= 4 is 11.8 Å². The molecule has 6 heteroatoms. The molecule has 2 saturated heterocycles. The van der Waals surface area contributed by atoms with Crippen LogP contribution < -0.4 is 0 Å². The number of carbonyl (C=O) groups is 2. The Hall–Kier alpha value is -2.39. The molecule has 0 unspecified atom stereocenters. The summed E-state index contributed by atoms with van der Waals surface area (Å²) in [7, 11) is 1.65. The first-order chi connectivity index (χ1) is 12.6. The van der Waals surface area contributed by atoms with Crippen molar-refractivity contribution < 1.29 is 14.3 Å². The topological polar surface area (TPSA) is 73.6 Å². The fraction of sp³-hybridized carbons (Fsp3) is 0.550. The Morgan fingerprint density at radius 3 is 2.77 bits per heavy atom. The van der Waals surface area contributed by atoms with Gasteiger partial charge in [0.15, 0.2) is 0 Å². The zero-order chi connectivity index (χ0) is 18.6. The number of carbonyl (C=O) groups excluding carboxylic acids is 2. The summed E-state index contributed by atoms with van der Waals surface area (Å²) in [4.78, 5) is 28.6. The molecule has 0 aromatic heterocycles. The van der Waals surface area contributed by atoms with Crippen LogP contribution in [0.3, 0.4) is 0 Å². The highest BCUT2D eigenvalue weighted by Crippen LogP contribution is 2.40. The third-order valence-corrected chi connectivity index (χ3v) is 5.66. The molecule has 2 fully saturated rings. The molecule has 2 aliphatic rings. The SMILES string of the molecule is COCCN1CC2(CCC1=O)CCN(C(=O)c1cccc(C#N)c1)CC2. The van der Waals surface area contributed by atoms with Gasteiger partial charge >= 0.3 is 0 Å². The second-order valence-corrected chi connectivity index (χ2v) is 7.29. The van der Waals surface area contributed by atoms with Gasteiger partial charge in [-0.15, -0.1) is 0 Å². The van der Waals surface area contributed by atoms with Crippen molar-refractivity contribution in [3.63, 3.8) is 0 Å². The maximum absolute atomic E-state index is 12.7. The lowest BCUT2D eigenvalue weighted by atomic mass is 9.72. The molecular formula is C20H25N3O3. The predicted octanol–water partition coefficient (Wildman–Crippen LogP) is 2.05. The Labute approximate surface area is 154 Å². The fourth-order valence-electron chi connectivity index (χ4n) is 4.00. The van der Waals surface area contributed by atoms with Crippen LogP contribution in [0.25, 0.3) is 0 Å². The fourth-order valence-corrected chi connectivity index (χ4v) is 4.00. The van der Waals surface area contributed by atoms with Crippen LogP contribution in [0.1, 0.15) is 41.6 Å². The number of benzene rings is 1. The summed E-state index contributed by atoms with van der Waals surface area (Å²) in [5.41, 5.74) is 1.19. The summed E-state index contributed by atoms with van der Waals surface area (Å²) in [5.74, 6) is 0.194. The first-order valence-electron chi connectivity index (χ1n) is 9.13. The van der Waals surface area contributed by atoms with Crippen molar-refractivity contribution in [2.75, 3.05) is 39.9 Å². The van der Waals surface area contributed by atoms with Gasteiger partial charge in [0.25, 0.3) is 5.91 Å². The number of hydrogen-bond acceptors (Lipinski definition) is 4. The molecule has 0 radical (unpaired) electrons. The van der Waals surface area contributed by atoms with Gasteiger partial charge in [0.05, 0.1) is 18.2 Å². The normalized spacial score (nSPS) is 19.5. The number of rotatable bonds is 4. The maximum atomic E-state index is 12.7. The standard InChI is InChI=1S/C20H25N3O3/c1-26-12-11-23-15-20(6-5-18(23)24)7-9-22(10-8-20)19(25)17-4-2-3-16(13-17)14-21/h2-4,13H,5-12,15H2,1H3. The zero-order valence-electron chi connectivity index (χ0n) is 15.2. The van der Waals surface area contributed by atoms with Crippen LogP contribution in [-0.4, -0.2) is 61.5 Å². The van der Waals surface area contributed by atoms with Crippen LogP contribution in [0.5, 0.6) is 0 Å². The molecule has 0 aliphatic carbocycles. The van der Waals surface area contributed by atoms with Gasteiger partial charge in [0, 0.05) is 45.3 Å². The van der Waals surface area contributed by atoms with E-state index in [4.69, 9.17) is 10.00 Å². The van der Waals surface area contributed by atoms with Gasteiger partial charge in [-0.2, -0.15) is 5.26 Å². The highest BCUT2D eigenvalue weighted by atomic mass is 16.5. The highest BCUT2D eigenvalue weighted by Gasteiger charge is 2.41. The molecule has 0 N–H and O–H groups in total. The summed E-state index contributed by atoms with van der Waals surface area (Å²) in [6, 6.07) is 8.95. The summed E-state index contributed by atoms with van der Waals surface area (Å²) in [6.45, 7) is 3.35. The first kappa shape index (κ1) is 18.4. The van der Waals surface area contributed by atoms with E-state index in [0.29, 0.717) is 43.8 Å². The lowest BCUT2D eigenvalue weighted by molar-refractivity contribution is -0.139. The molecule has 0 bridgehead atoms. The van der Waals surface area contributed by atoms with Crippen LogP contribution in [0.4, 0.5) is 0 Å². The van der Waals surface area contributed by atoms with Gasteiger partial charge in [-0.25, -0.2) is 0 Å². The lowest BCUT2D eigenvalue weighted by Gasteiger charge is -2.47. The molecule has 26 heavy (non-hydrogen) atoms. The molecular weight excluding hydrogens is 330 g/mol. The largest absolute Gasteiger partial charge is 0.383 e. The minimum absolute atomic E-state index is 0.0138. The number of piperidine rings is 2. The van der Waals surface area contributed by atoms with Crippen LogP contribution in [0.2, 0.25) is 0 Å². The van der Waals surface area contributed by atoms with Crippen LogP contribution >= 0.6 is 0 Å². The van der Waals surface area contributed by atoms with Crippen molar-refractivity contribution in [2.24, 2.45) is 5.41 Å². The molecule has 2 amide bonds. The Balaban J connectivity index is 1.62. The number of ether oxygens (including phenoxy) is 1. The molecule has 3 rings (SSSR count). The van der Waals surface area contributed by atoms with E-state index in [1.54, 1.807) is 31.4 Å². The van der Waals surface area contributed by atoms with E-state index >= 15 is 0 Å². The Morgan fingerprint density at radius 1 is 1.31 bits per heavy atom. The molecule has 1 aromatic carbocycles. The minimum Gasteiger partial charge on any atom is -0.383 e. The zero-order valence-corrected chi connectivity index (χ0v) is 15.2. The Bertz CT molecular complexity index is 717. The average molecular weight is 355 g/mol. The van der Waals surface area contributed by atoms with Gasteiger partial charge < -0.3 is 14.5 Å². The van der Waals surface area contributed by atoms with E-state index in [2.05, 4.69) is 6.07 Å². The molecule has 2 aliphatic heterocycles. The number of hydrogen-bond donors (Lipinski definition) is 0. The number of nitrogens with zero attached hydrogens (tertiary/aromatic N) is 3. The second kappa shape index (κ2) is 7.88. The summed E-state index contributed by atoms with van der Waals surface area (Å²) in [6.07, 6.45) is 3.31. The van der Waals surface area contributed by atoms with E-state index in [-0.39, 0.29) is 17.2 Å². The third-order valence-electron chi connectivity index (χ3n) is 5.66. The van der Waals surface area contributed by atoms with Crippen molar-refractivity contribution in [3.8, 4) is 6.07 Å². The predicted molar refractivity (Wildman–Crippen MR) is 96.4 cm³/mol.